The summed E-state index contributed by atoms with van der Waals surface area (Å²) in [5.41, 5.74) is 0. The summed E-state index contributed by atoms with van der Waals surface area (Å²) < 4.78 is 10.1. The molecule has 1 aromatic rings. The van der Waals surface area contributed by atoms with Crippen molar-refractivity contribution in [3.05, 3.63) is 29.3 Å². The Bertz CT molecular complexity index is 476. The van der Waals surface area contributed by atoms with Gasteiger partial charge in [-0.2, -0.15) is 0 Å². The van der Waals surface area contributed by atoms with Crippen molar-refractivity contribution in [3.8, 4) is 5.75 Å². The second-order valence-electron chi connectivity index (χ2n) is 4.89. The third-order valence-electron chi connectivity index (χ3n) is 3.08. The molecule has 5 nitrogen and oxygen atoms in total. The molecule has 122 valence electrons. The molecule has 1 amide bonds. The first-order chi connectivity index (χ1) is 10.5. The molecule has 1 atom stereocenters. The van der Waals surface area contributed by atoms with E-state index in [-0.39, 0.29) is 11.9 Å². The number of rotatable bonds is 9. The van der Waals surface area contributed by atoms with Gasteiger partial charge in [0.2, 0.25) is 0 Å². The van der Waals surface area contributed by atoms with Crippen LogP contribution < -0.4 is 10.1 Å². The van der Waals surface area contributed by atoms with E-state index in [1.165, 1.54) is 7.11 Å². The van der Waals surface area contributed by atoms with Crippen LogP contribution in [-0.2, 0) is 14.3 Å². The molecule has 22 heavy (non-hydrogen) atoms. The topological polar surface area (TPSA) is 64.6 Å². The Labute approximate surface area is 135 Å². The van der Waals surface area contributed by atoms with E-state index in [1.54, 1.807) is 31.2 Å². The second kappa shape index (κ2) is 10.1. The lowest BCUT2D eigenvalue weighted by Crippen LogP contribution is -2.36. The normalized spacial score (nSPS) is 11.6. The maximum absolute atomic E-state index is 11.9. The average molecular weight is 328 g/mol. The predicted molar refractivity (Wildman–Crippen MR) is 85.0 cm³/mol. The Balaban J connectivity index is 2.16. The van der Waals surface area contributed by atoms with E-state index in [4.69, 9.17) is 16.3 Å². The molecule has 0 aliphatic carbocycles. The Morgan fingerprint density at radius 3 is 2.50 bits per heavy atom. The van der Waals surface area contributed by atoms with E-state index in [0.717, 1.165) is 19.3 Å². The van der Waals surface area contributed by atoms with Crippen LogP contribution in [-0.4, -0.2) is 31.6 Å². The lowest BCUT2D eigenvalue weighted by Gasteiger charge is -2.14. The smallest absolute Gasteiger partial charge is 0.305 e. The van der Waals surface area contributed by atoms with Crippen molar-refractivity contribution in [1.82, 2.24) is 5.32 Å². The Hall–Kier alpha value is -1.75. The van der Waals surface area contributed by atoms with Crippen molar-refractivity contribution in [1.29, 1.82) is 0 Å². The van der Waals surface area contributed by atoms with Gasteiger partial charge in [0.15, 0.2) is 6.10 Å². The molecular weight excluding hydrogens is 306 g/mol. The summed E-state index contributed by atoms with van der Waals surface area (Å²) in [6.45, 7) is 2.26. The highest BCUT2D eigenvalue weighted by molar-refractivity contribution is 6.30. The first-order valence-corrected chi connectivity index (χ1v) is 7.67. The summed E-state index contributed by atoms with van der Waals surface area (Å²) in [7, 11) is 1.38. The maximum Gasteiger partial charge on any atom is 0.305 e. The average Bonchev–Trinajstić information content (AvgIpc) is 2.52. The van der Waals surface area contributed by atoms with Gasteiger partial charge < -0.3 is 14.8 Å². The van der Waals surface area contributed by atoms with Gasteiger partial charge in [-0.15, -0.1) is 0 Å². The number of unbranched alkanes of at least 4 members (excludes halogenated alkanes) is 2. The Kier molecular flexibility index (Phi) is 8.36. The fourth-order valence-electron chi connectivity index (χ4n) is 1.80. The molecule has 1 aromatic carbocycles. The van der Waals surface area contributed by atoms with Crippen molar-refractivity contribution in [2.45, 2.75) is 38.7 Å². The number of nitrogens with one attached hydrogen (secondary N) is 1. The molecule has 0 bridgehead atoms. The van der Waals surface area contributed by atoms with Crippen molar-refractivity contribution < 1.29 is 19.1 Å². The van der Waals surface area contributed by atoms with Crippen LogP contribution in [0.1, 0.15) is 32.6 Å². The van der Waals surface area contributed by atoms with Gasteiger partial charge in [-0.3, -0.25) is 9.59 Å². The summed E-state index contributed by atoms with van der Waals surface area (Å²) in [5.74, 6) is 0.238. The molecule has 0 saturated heterocycles. The van der Waals surface area contributed by atoms with E-state index in [9.17, 15) is 9.59 Å². The van der Waals surface area contributed by atoms with Gasteiger partial charge in [0, 0.05) is 18.0 Å². The van der Waals surface area contributed by atoms with Crippen LogP contribution in [0.3, 0.4) is 0 Å². The number of benzene rings is 1. The maximum atomic E-state index is 11.9. The summed E-state index contributed by atoms with van der Waals surface area (Å²) >= 11 is 5.79. The molecule has 0 heterocycles. The first-order valence-electron chi connectivity index (χ1n) is 7.29. The van der Waals surface area contributed by atoms with Crippen molar-refractivity contribution in [3.63, 3.8) is 0 Å². The van der Waals surface area contributed by atoms with Crippen LogP contribution in [0.2, 0.25) is 5.02 Å². The van der Waals surface area contributed by atoms with Crippen LogP contribution >= 0.6 is 11.6 Å². The van der Waals surface area contributed by atoms with Crippen LogP contribution in [0.4, 0.5) is 0 Å². The SMILES string of the molecule is COC(=O)CCCCCNC(=O)[C@H](C)Oc1ccc(Cl)cc1. The van der Waals surface area contributed by atoms with E-state index >= 15 is 0 Å². The largest absolute Gasteiger partial charge is 0.481 e. The van der Waals surface area contributed by atoms with Gasteiger partial charge in [-0.25, -0.2) is 0 Å². The lowest BCUT2D eigenvalue weighted by atomic mass is 10.2. The second-order valence-corrected chi connectivity index (χ2v) is 5.33. The first kappa shape index (κ1) is 18.3. The molecule has 0 radical (unpaired) electrons. The number of amides is 1. The molecule has 0 unspecified atom stereocenters. The molecule has 1 rings (SSSR count). The number of hydrogen-bond donors (Lipinski definition) is 1. The molecule has 0 fully saturated rings. The lowest BCUT2D eigenvalue weighted by molar-refractivity contribution is -0.140. The standard InChI is InChI=1S/C16H22ClNO4/c1-12(22-14-9-7-13(17)8-10-14)16(20)18-11-5-3-4-6-15(19)21-2/h7-10,12H,3-6,11H2,1-2H3,(H,18,20)/t12-/m0/s1. The van der Waals surface area contributed by atoms with E-state index in [0.29, 0.717) is 23.7 Å². The number of halogens is 1. The number of carbonyl (C=O) groups is 2. The minimum Gasteiger partial charge on any atom is -0.481 e. The number of methoxy groups -OCH3 is 1. The minimum absolute atomic E-state index is 0.164. The highest BCUT2D eigenvalue weighted by Gasteiger charge is 2.13. The zero-order chi connectivity index (χ0) is 16.4. The summed E-state index contributed by atoms with van der Waals surface area (Å²) in [6, 6.07) is 6.86. The van der Waals surface area contributed by atoms with E-state index < -0.39 is 6.10 Å². The van der Waals surface area contributed by atoms with Gasteiger partial charge in [0.1, 0.15) is 5.75 Å². The van der Waals surface area contributed by atoms with Gasteiger partial charge in [0.05, 0.1) is 7.11 Å². The Morgan fingerprint density at radius 2 is 1.86 bits per heavy atom. The summed E-state index contributed by atoms with van der Waals surface area (Å²) in [5, 5.41) is 3.43. The number of ether oxygens (including phenoxy) is 2. The molecule has 0 spiro atoms. The number of carbonyl (C=O) groups excluding carboxylic acids is 2. The van der Waals surface area contributed by atoms with Crippen molar-refractivity contribution in [2.24, 2.45) is 0 Å². The zero-order valence-corrected chi connectivity index (χ0v) is 13.7. The van der Waals surface area contributed by atoms with Gasteiger partial charge in [0.25, 0.3) is 5.91 Å². The summed E-state index contributed by atoms with van der Waals surface area (Å²) in [4.78, 5) is 22.8. The van der Waals surface area contributed by atoms with E-state index in [1.807, 2.05) is 0 Å². The quantitative estimate of drug-likeness (QED) is 0.559. The highest BCUT2D eigenvalue weighted by Crippen LogP contribution is 2.16. The van der Waals surface area contributed by atoms with Gasteiger partial charge in [-0.1, -0.05) is 18.0 Å². The molecular formula is C16H22ClNO4. The van der Waals surface area contributed by atoms with Crippen LogP contribution in [0, 0.1) is 0 Å². The number of esters is 1. The highest BCUT2D eigenvalue weighted by atomic mass is 35.5. The zero-order valence-electron chi connectivity index (χ0n) is 12.9. The number of hydrogen-bond acceptors (Lipinski definition) is 4. The van der Waals surface area contributed by atoms with Crippen molar-refractivity contribution >= 4 is 23.5 Å². The predicted octanol–water partition coefficient (Wildman–Crippen LogP) is 2.96. The van der Waals surface area contributed by atoms with Crippen LogP contribution in [0.15, 0.2) is 24.3 Å². The summed E-state index contributed by atoms with van der Waals surface area (Å²) in [6.07, 6.45) is 2.29. The fourth-order valence-corrected chi connectivity index (χ4v) is 1.93. The van der Waals surface area contributed by atoms with Gasteiger partial charge in [-0.05, 0) is 44.0 Å². The molecule has 1 N–H and O–H groups in total. The fraction of sp³-hybridized carbons (Fsp3) is 0.500. The molecule has 0 aliphatic heterocycles. The third kappa shape index (κ3) is 7.31. The Morgan fingerprint density at radius 1 is 1.18 bits per heavy atom. The molecule has 0 saturated carbocycles. The van der Waals surface area contributed by atoms with Gasteiger partial charge >= 0.3 is 5.97 Å². The minimum atomic E-state index is -0.573. The van der Waals surface area contributed by atoms with Crippen LogP contribution in [0.25, 0.3) is 0 Å². The van der Waals surface area contributed by atoms with Crippen LogP contribution in [0.5, 0.6) is 5.75 Å². The monoisotopic (exact) mass is 327 g/mol. The molecule has 6 heteroatoms. The van der Waals surface area contributed by atoms with E-state index in [2.05, 4.69) is 10.1 Å². The third-order valence-corrected chi connectivity index (χ3v) is 3.33. The molecule has 0 aromatic heterocycles. The molecule has 0 aliphatic rings. The van der Waals surface area contributed by atoms with Crippen molar-refractivity contribution in [2.75, 3.05) is 13.7 Å².